The second-order valence-electron chi connectivity index (χ2n) is 7.44. The monoisotopic (exact) mass is 426 g/mol. The Morgan fingerprint density at radius 2 is 1.77 bits per heavy atom. The van der Waals surface area contributed by atoms with Crippen molar-refractivity contribution in [2.45, 2.75) is 20.4 Å². The van der Waals surface area contributed by atoms with Gasteiger partial charge < -0.3 is 19.4 Å². The van der Waals surface area contributed by atoms with Gasteiger partial charge in [-0.3, -0.25) is 18.3 Å². The average Bonchev–Trinajstić information content (AvgIpc) is 3.27. The van der Waals surface area contributed by atoms with Crippen LogP contribution in [0.25, 0.3) is 16.9 Å². The molecule has 0 saturated carbocycles. The van der Waals surface area contributed by atoms with E-state index in [2.05, 4.69) is 10.3 Å². The van der Waals surface area contributed by atoms with Crippen LogP contribution in [0.15, 0.2) is 27.8 Å². The summed E-state index contributed by atoms with van der Waals surface area (Å²) in [5.74, 6) is 2.04. The van der Waals surface area contributed by atoms with Gasteiger partial charge in [-0.25, -0.2) is 4.79 Å². The highest BCUT2D eigenvalue weighted by Crippen LogP contribution is 2.29. The second-order valence-corrected chi connectivity index (χ2v) is 7.44. The fourth-order valence-electron chi connectivity index (χ4n) is 3.90. The van der Waals surface area contributed by atoms with Crippen LogP contribution in [-0.4, -0.2) is 43.9 Å². The molecule has 31 heavy (non-hydrogen) atoms. The van der Waals surface area contributed by atoms with Gasteiger partial charge in [-0.1, -0.05) is 0 Å². The van der Waals surface area contributed by atoms with Gasteiger partial charge in [-0.2, -0.15) is 4.98 Å². The molecule has 4 rings (SSSR count). The van der Waals surface area contributed by atoms with Gasteiger partial charge in [0, 0.05) is 44.6 Å². The van der Waals surface area contributed by atoms with E-state index in [1.54, 1.807) is 21.3 Å². The maximum Gasteiger partial charge on any atom is 0.332 e. The molecule has 0 unspecified atom stereocenters. The summed E-state index contributed by atoms with van der Waals surface area (Å²) in [5, 5.41) is 3.38. The molecule has 3 aromatic heterocycles. The summed E-state index contributed by atoms with van der Waals surface area (Å²) in [6, 6.07) is 5.60. The van der Waals surface area contributed by atoms with Crippen LogP contribution in [0, 0.1) is 13.8 Å². The number of aryl methyl sites for hydroxylation is 2. The van der Waals surface area contributed by atoms with E-state index in [-0.39, 0.29) is 5.56 Å². The van der Waals surface area contributed by atoms with Crippen LogP contribution in [-0.2, 0) is 20.6 Å². The van der Waals surface area contributed by atoms with Crippen LogP contribution in [0.4, 0.5) is 5.69 Å². The summed E-state index contributed by atoms with van der Waals surface area (Å²) in [7, 11) is 6.33. The van der Waals surface area contributed by atoms with Gasteiger partial charge in [0.15, 0.2) is 11.2 Å². The van der Waals surface area contributed by atoms with Crippen molar-refractivity contribution in [2.24, 2.45) is 14.1 Å². The van der Waals surface area contributed by atoms with E-state index < -0.39 is 5.69 Å². The van der Waals surface area contributed by atoms with Crippen molar-refractivity contribution in [1.29, 1.82) is 0 Å². The number of fused-ring (bicyclic) bond motifs is 3. The van der Waals surface area contributed by atoms with Gasteiger partial charge in [0.05, 0.1) is 19.9 Å². The first-order valence-electron chi connectivity index (χ1n) is 9.89. The smallest absolute Gasteiger partial charge is 0.332 e. The lowest BCUT2D eigenvalue weighted by atomic mass is 10.2. The lowest BCUT2D eigenvalue weighted by Crippen LogP contribution is -2.37. The Kier molecular flexibility index (Phi) is 5.00. The third kappa shape index (κ3) is 3.06. The van der Waals surface area contributed by atoms with E-state index in [0.29, 0.717) is 35.8 Å². The van der Waals surface area contributed by atoms with Crippen molar-refractivity contribution < 1.29 is 9.47 Å². The number of methoxy groups -OCH3 is 2. The Morgan fingerprint density at radius 1 is 1.03 bits per heavy atom. The zero-order chi connectivity index (χ0) is 22.4. The number of ether oxygens (including phenoxy) is 2. The van der Waals surface area contributed by atoms with Crippen molar-refractivity contribution in [1.82, 2.24) is 23.1 Å². The number of anilines is 1. The van der Waals surface area contributed by atoms with Crippen LogP contribution >= 0.6 is 0 Å². The minimum atomic E-state index is -0.396. The second kappa shape index (κ2) is 7.53. The van der Waals surface area contributed by atoms with Crippen LogP contribution in [0.5, 0.6) is 11.5 Å². The summed E-state index contributed by atoms with van der Waals surface area (Å²) in [5.41, 5.74) is 2.80. The number of imidazole rings is 2. The number of aromatic nitrogens is 5. The first-order valence-corrected chi connectivity index (χ1v) is 9.89. The summed E-state index contributed by atoms with van der Waals surface area (Å²) in [6.45, 7) is 5.16. The van der Waals surface area contributed by atoms with Crippen LogP contribution in [0.3, 0.4) is 0 Å². The topological polar surface area (TPSA) is 96.7 Å². The molecule has 0 aliphatic rings. The van der Waals surface area contributed by atoms with Gasteiger partial charge in [-0.15, -0.1) is 0 Å². The molecule has 1 N–H and O–H groups in total. The van der Waals surface area contributed by atoms with Gasteiger partial charge in [0.2, 0.25) is 5.78 Å². The Balaban J connectivity index is 1.73. The largest absolute Gasteiger partial charge is 0.497 e. The first-order chi connectivity index (χ1) is 14.8. The number of benzene rings is 1. The minimum Gasteiger partial charge on any atom is -0.497 e. The van der Waals surface area contributed by atoms with E-state index in [9.17, 15) is 9.59 Å². The van der Waals surface area contributed by atoms with Crippen LogP contribution in [0.1, 0.15) is 11.4 Å². The fourth-order valence-corrected chi connectivity index (χ4v) is 3.90. The number of rotatable bonds is 6. The van der Waals surface area contributed by atoms with Gasteiger partial charge in [0.1, 0.15) is 11.5 Å². The van der Waals surface area contributed by atoms with E-state index in [1.807, 2.05) is 41.0 Å². The Morgan fingerprint density at radius 3 is 2.45 bits per heavy atom. The predicted molar refractivity (Wildman–Crippen MR) is 119 cm³/mol. The molecule has 0 fully saturated rings. The highest BCUT2D eigenvalue weighted by Gasteiger charge is 2.21. The Bertz CT molecular complexity index is 1420. The predicted octanol–water partition coefficient (Wildman–Crippen LogP) is 1.43. The molecule has 3 heterocycles. The van der Waals surface area contributed by atoms with Gasteiger partial charge >= 0.3 is 5.69 Å². The van der Waals surface area contributed by atoms with Crippen molar-refractivity contribution in [3.05, 3.63) is 50.4 Å². The summed E-state index contributed by atoms with van der Waals surface area (Å²) in [4.78, 5) is 29.8. The molecule has 0 aliphatic heterocycles. The fraction of sp³-hybridized carbons (Fsp3) is 0.381. The van der Waals surface area contributed by atoms with E-state index in [1.165, 1.54) is 11.6 Å². The van der Waals surface area contributed by atoms with Crippen molar-refractivity contribution in [2.75, 3.05) is 26.1 Å². The molecule has 0 amide bonds. The van der Waals surface area contributed by atoms with Gasteiger partial charge in [-0.05, 0) is 26.0 Å². The van der Waals surface area contributed by atoms with Crippen LogP contribution in [0.2, 0.25) is 0 Å². The van der Waals surface area contributed by atoms with E-state index in [0.717, 1.165) is 27.4 Å². The Hall–Kier alpha value is -3.69. The normalized spacial score (nSPS) is 11.4. The molecule has 0 radical (unpaired) electrons. The quantitative estimate of drug-likeness (QED) is 0.501. The molecule has 0 atom stereocenters. The molecule has 0 saturated heterocycles. The number of hydrogen-bond donors (Lipinski definition) is 1. The molecular formula is C21H26N6O4. The summed E-state index contributed by atoms with van der Waals surface area (Å²) < 4.78 is 17.1. The maximum atomic E-state index is 12.8. The highest BCUT2D eigenvalue weighted by atomic mass is 16.5. The number of hydrogen-bond acceptors (Lipinski definition) is 6. The zero-order valence-corrected chi connectivity index (χ0v) is 18.5. The molecule has 1 aromatic carbocycles. The molecule has 0 spiro atoms. The molecule has 0 aliphatic carbocycles. The van der Waals surface area contributed by atoms with Crippen molar-refractivity contribution in [3.8, 4) is 11.5 Å². The van der Waals surface area contributed by atoms with Gasteiger partial charge in [0.25, 0.3) is 5.56 Å². The molecule has 10 heteroatoms. The highest BCUT2D eigenvalue weighted by molar-refractivity contribution is 5.76. The SMILES string of the molecule is COc1ccc(NCCn2c(C)c(C)n3c4c(=O)n(C)c(=O)n(C)c4nc23)c(OC)c1. The Labute approximate surface area is 178 Å². The summed E-state index contributed by atoms with van der Waals surface area (Å²) in [6.07, 6.45) is 0. The molecular weight excluding hydrogens is 400 g/mol. The third-order valence-corrected chi connectivity index (χ3v) is 5.80. The third-order valence-electron chi connectivity index (χ3n) is 5.80. The molecule has 0 bridgehead atoms. The van der Waals surface area contributed by atoms with Crippen LogP contribution < -0.4 is 26.0 Å². The number of nitrogens with zero attached hydrogens (tertiary/aromatic N) is 5. The zero-order valence-electron chi connectivity index (χ0n) is 18.5. The molecule has 4 aromatic rings. The van der Waals surface area contributed by atoms with E-state index >= 15 is 0 Å². The number of nitrogens with one attached hydrogen (secondary N) is 1. The van der Waals surface area contributed by atoms with Crippen molar-refractivity contribution >= 4 is 22.6 Å². The average molecular weight is 426 g/mol. The molecule has 10 nitrogen and oxygen atoms in total. The lowest BCUT2D eigenvalue weighted by molar-refractivity contribution is 0.395. The molecule has 164 valence electrons. The summed E-state index contributed by atoms with van der Waals surface area (Å²) >= 11 is 0. The standard InChI is InChI=1S/C21H26N6O4/c1-12-13(2)27-17-18(24(3)21(29)25(4)19(17)28)23-20(27)26(12)10-9-22-15-8-7-14(30-5)11-16(15)31-6/h7-8,11,22H,9-10H2,1-6H3. The van der Waals surface area contributed by atoms with E-state index in [4.69, 9.17) is 9.47 Å². The van der Waals surface area contributed by atoms with Crippen molar-refractivity contribution in [3.63, 3.8) is 0 Å². The first kappa shape index (κ1) is 20.6. The lowest BCUT2D eigenvalue weighted by Gasteiger charge is -2.13. The maximum absolute atomic E-state index is 12.8. The minimum absolute atomic E-state index is 0.355.